The summed E-state index contributed by atoms with van der Waals surface area (Å²) in [6.07, 6.45) is 5.42. The number of aromatic hydroxyl groups is 1. The summed E-state index contributed by atoms with van der Waals surface area (Å²) < 4.78 is 26.0. The zero-order chi connectivity index (χ0) is 12.2. The second-order valence-electron chi connectivity index (χ2n) is 3.42. The maximum absolute atomic E-state index is 11.8. The van der Waals surface area contributed by atoms with E-state index in [0.717, 1.165) is 0 Å². The topological polar surface area (TPSA) is 66.4 Å². The van der Waals surface area contributed by atoms with Crippen LogP contribution in [0.2, 0.25) is 0 Å². The summed E-state index contributed by atoms with van der Waals surface area (Å²) >= 11 is 0. The van der Waals surface area contributed by atoms with Crippen molar-refractivity contribution in [3.05, 3.63) is 24.3 Å². The minimum Gasteiger partial charge on any atom is -0.508 e. The molecule has 0 amide bonds. The van der Waals surface area contributed by atoms with Crippen molar-refractivity contribution in [2.75, 3.05) is 0 Å². The fourth-order valence-electron chi connectivity index (χ4n) is 1.18. The first-order valence-electron chi connectivity index (χ1n) is 4.70. The van der Waals surface area contributed by atoms with Crippen molar-refractivity contribution >= 4 is 10.0 Å². The van der Waals surface area contributed by atoms with E-state index < -0.39 is 10.0 Å². The van der Waals surface area contributed by atoms with E-state index in [2.05, 4.69) is 10.6 Å². The maximum Gasteiger partial charge on any atom is 0.240 e. The zero-order valence-corrected chi connectivity index (χ0v) is 9.66. The normalized spacial score (nSPS) is 13.0. The van der Waals surface area contributed by atoms with Gasteiger partial charge in [0.2, 0.25) is 10.0 Å². The summed E-state index contributed by atoms with van der Waals surface area (Å²) in [6.45, 7) is 1.69. The van der Waals surface area contributed by atoms with Crippen molar-refractivity contribution in [1.29, 1.82) is 0 Å². The van der Waals surface area contributed by atoms with E-state index in [0.29, 0.717) is 6.42 Å². The molecular weight excluding hydrogens is 226 g/mol. The molecule has 1 aromatic rings. The summed E-state index contributed by atoms with van der Waals surface area (Å²) in [5, 5.41) is 9.05. The summed E-state index contributed by atoms with van der Waals surface area (Å²) in [6, 6.07) is 4.99. The van der Waals surface area contributed by atoms with E-state index in [1.807, 2.05) is 0 Å². The Kier molecular flexibility index (Phi) is 3.93. The molecule has 0 aliphatic heterocycles. The van der Waals surface area contributed by atoms with E-state index in [9.17, 15) is 8.42 Å². The van der Waals surface area contributed by atoms with Crippen LogP contribution in [0, 0.1) is 12.3 Å². The molecule has 2 N–H and O–H groups in total. The fraction of sp³-hybridized carbons (Fsp3) is 0.273. The van der Waals surface area contributed by atoms with Crippen molar-refractivity contribution in [2.24, 2.45) is 0 Å². The minimum atomic E-state index is -3.56. The molecule has 0 fully saturated rings. The number of nitrogens with one attached hydrogen (secondary N) is 1. The molecule has 0 spiro atoms. The number of phenolic OH excluding ortho intramolecular Hbond substituents is 1. The predicted octanol–water partition coefficient (Wildman–Crippen LogP) is 1.08. The van der Waals surface area contributed by atoms with Gasteiger partial charge in [-0.1, -0.05) is 0 Å². The van der Waals surface area contributed by atoms with Crippen molar-refractivity contribution < 1.29 is 13.5 Å². The Balaban J connectivity index is 2.87. The van der Waals surface area contributed by atoms with Gasteiger partial charge in [-0.3, -0.25) is 0 Å². The van der Waals surface area contributed by atoms with Crippen LogP contribution in [-0.4, -0.2) is 19.6 Å². The van der Waals surface area contributed by atoms with Crippen LogP contribution in [0.25, 0.3) is 0 Å². The third kappa shape index (κ3) is 3.26. The molecule has 0 bridgehead atoms. The summed E-state index contributed by atoms with van der Waals surface area (Å²) in [5.41, 5.74) is 0. The van der Waals surface area contributed by atoms with Crippen LogP contribution in [0.4, 0.5) is 0 Å². The second kappa shape index (κ2) is 5.01. The van der Waals surface area contributed by atoms with Gasteiger partial charge in [0.25, 0.3) is 0 Å². The minimum absolute atomic E-state index is 0.0237. The fourth-order valence-corrected chi connectivity index (χ4v) is 2.42. The van der Waals surface area contributed by atoms with Gasteiger partial charge in [-0.25, -0.2) is 13.1 Å². The van der Waals surface area contributed by atoms with Crippen molar-refractivity contribution in [2.45, 2.75) is 24.3 Å². The number of hydrogen-bond acceptors (Lipinski definition) is 3. The Labute approximate surface area is 95.4 Å². The van der Waals surface area contributed by atoms with Gasteiger partial charge < -0.3 is 5.11 Å². The van der Waals surface area contributed by atoms with E-state index >= 15 is 0 Å². The van der Waals surface area contributed by atoms with Crippen LogP contribution in [0.1, 0.15) is 13.3 Å². The predicted molar refractivity (Wildman–Crippen MR) is 61.3 cm³/mol. The summed E-state index contributed by atoms with van der Waals surface area (Å²) in [5.74, 6) is 2.41. The Hall–Kier alpha value is -1.51. The van der Waals surface area contributed by atoms with E-state index in [1.165, 1.54) is 24.3 Å². The van der Waals surface area contributed by atoms with Crippen molar-refractivity contribution in [1.82, 2.24) is 4.72 Å². The van der Waals surface area contributed by atoms with Crippen LogP contribution >= 0.6 is 0 Å². The molecule has 1 aromatic carbocycles. The summed E-state index contributed by atoms with van der Waals surface area (Å²) in [4.78, 5) is 0.106. The van der Waals surface area contributed by atoms with Crippen LogP contribution in [-0.2, 0) is 10.0 Å². The number of terminal acetylenes is 1. The average molecular weight is 239 g/mol. The van der Waals surface area contributed by atoms with Crippen LogP contribution in [0.3, 0.4) is 0 Å². The largest absolute Gasteiger partial charge is 0.508 e. The average Bonchev–Trinajstić information content (AvgIpc) is 2.17. The van der Waals surface area contributed by atoms with E-state index in [-0.39, 0.29) is 16.7 Å². The molecule has 86 valence electrons. The number of sulfonamides is 1. The number of benzene rings is 1. The number of phenols is 1. The monoisotopic (exact) mass is 239 g/mol. The zero-order valence-electron chi connectivity index (χ0n) is 8.84. The van der Waals surface area contributed by atoms with E-state index in [1.54, 1.807) is 6.92 Å². The lowest BCUT2D eigenvalue weighted by atomic mass is 10.3. The Morgan fingerprint density at radius 2 is 2.00 bits per heavy atom. The molecule has 0 heterocycles. The Bertz CT molecular complexity index is 485. The third-order valence-electron chi connectivity index (χ3n) is 1.93. The highest BCUT2D eigenvalue weighted by atomic mass is 32.2. The first-order valence-corrected chi connectivity index (χ1v) is 6.19. The molecule has 1 unspecified atom stereocenters. The molecule has 5 heteroatoms. The Morgan fingerprint density at radius 1 is 1.44 bits per heavy atom. The van der Waals surface area contributed by atoms with Gasteiger partial charge in [0.05, 0.1) is 4.90 Å². The first-order chi connectivity index (χ1) is 7.45. The highest BCUT2D eigenvalue weighted by Crippen LogP contribution is 2.14. The standard InChI is InChI=1S/C11H13NO3S/c1-3-4-9(2)12-16(14,15)11-7-5-10(13)6-8-11/h1,5-9,12-13H,4H2,2H3. The molecule has 0 radical (unpaired) electrons. The highest BCUT2D eigenvalue weighted by molar-refractivity contribution is 7.89. The van der Waals surface area contributed by atoms with Gasteiger partial charge in [-0.05, 0) is 31.2 Å². The molecule has 0 aliphatic carbocycles. The maximum atomic E-state index is 11.8. The number of rotatable bonds is 4. The molecular formula is C11H13NO3S. The SMILES string of the molecule is C#CCC(C)NS(=O)(=O)c1ccc(O)cc1. The van der Waals surface area contributed by atoms with Gasteiger partial charge >= 0.3 is 0 Å². The van der Waals surface area contributed by atoms with Crippen LogP contribution in [0.15, 0.2) is 29.2 Å². The molecule has 0 aromatic heterocycles. The second-order valence-corrected chi connectivity index (χ2v) is 5.14. The third-order valence-corrected chi connectivity index (χ3v) is 3.53. The van der Waals surface area contributed by atoms with Crippen molar-refractivity contribution in [3.8, 4) is 18.1 Å². The molecule has 16 heavy (non-hydrogen) atoms. The number of hydrogen-bond donors (Lipinski definition) is 2. The van der Waals surface area contributed by atoms with Gasteiger partial charge in [-0.15, -0.1) is 12.3 Å². The smallest absolute Gasteiger partial charge is 0.240 e. The quantitative estimate of drug-likeness (QED) is 0.773. The van der Waals surface area contributed by atoms with Gasteiger partial charge in [0, 0.05) is 12.5 Å². The van der Waals surface area contributed by atoms with E-state index in [4.69, 9.17) is 11.5 Å². The Morgan fingerprint density at radius 3 is 2.50 bits per heavy atom. The van der Waals surface area contributed by atoms with Crippen LogP contribution < -0.4 is 4.72 Å². The van der Waals surface area contributed by atoms with Crippen LogP contribution in [0.5, 0.6) is 5.75 Å². The van der Waals surface area contributed by atoms with Crippen molar-refractivity contribution in [3.63, 3.8) is 0 Å². The lowest BCUT2D eigenvalue weighted by Crippen LogP contribution is -2.32. The molecule has 0 saturated heterocycles. The van der Waals surface area contributed by atoms with Gasteiger partial charge in [0.15, 0.2) is 0 Å². The lowest BCUT2D eigenvalue weighted by molar-refractivity contribution is 0.474. The van der Waals surface area contributed by atoms with Gasteiger partial charge in [-0.2, -0.15) is 0 Å². The molecule has 4 nitrogen and oxygen atoms in total. The molecule has 0 saturated carbocycles. The molecule has 1 atom stereocenters. The van der Waals surface area contributed by atoms with Gasteiger partial charge in [0.1, 0.15) is 5.75 Å². The molecule has 1 rings (SSSR count). The molecule has 0 aliphatic rings. The lowest BCUT2D eigenvalue weighted by Gasteiger charge is -2.11. The highest BCUT2D eigenvalue weighted by Gasteiger charge is 2.16. The summed E-state index contributed by atoms with van der Waals surface area (Å²) in [7, 11) is -3.56. The first kappa shape index (κ1) is 12.6.